The number of hydrogen-bond acceptors (Lipinski definition) is 6. The summed E-state index contributed by atoms with van der Waals surface area (Å²) in [4.78, 5) is 15.0. The molecule has 1 aliphatic rings. The molecule has 7 heteroatoms. The zero-order valence-electron chi connectivity index (χ0n) is 15.5. The van der Waals surface area contributed by atoms with E-state index in [9.17, 15) is 4.79 Å². The van der Waals surface area contributed by atoms with Crippen LogP contribution in [0.4, 0.5) is 5.69 Å². The van der Waals surface area contributed by atoms with Crippen LogP contribution in [0.1, 0.15) is 5.56 Å². The molecule has 0 bridgehead atoms. The molecule has 1 heterocycles. The van der Waals surface area contributed by atoms with Crippen molar-refractivity contribution in [2.45, 2.75) is 0 Å². The molecule has 1 saturated heterocycles. The SMILES string of the molecule is C=CCOc1c(/C=C2/SC(=S)N(c3ccc(OC)cc3)C2=O)cccc1OC. The number of hydrogen-bond donors (Lipinski definition) is 0. The fraction of sp³-hybridized carbons (Fsp3) is 0.143. The number of rotatable bonds is 7. The van der Waals surface area contributed by atoms with E-state index in [0.29, 0.717) is 38.8 Å². The van der Waals surface area contributed by atoms with Crippen LogP contribution in [0.5, 0.6) is 17.2 Å². The van der Waals surface area contributed by atoms with E-state index in [0.717, 1.165) is 5.56 Å². The number of methoxy groups -OCH3 is 2. The van der Waals surface area contributed by atoms with Crippen molar-refractivity contribution in [1.29, 1.82) is 0 Å². The highest BCUT2D eigenvalue weighted by molar-refractivity contribution is 8.27. The highest BCUT2D eigenvalue weighted by Crippen LogP contribution is 2.39. The monoisotopic (exact) mass is 413 g/mol. The summed E-state index contributed by atoms with van der Waals surface area (Å²) in [6.07, 6.45) is 3.42. The molecular formula is C21H19NO4S2. The van der Waals surface area contributed by atoms with Gasteiger partial charge in [-0.25, -0.2) is 0 Å². The number of carbonyl (C=O) groups excluding carboxylic acids is 1. The maximum atomic E-state index is 13.0. The van der Waals surface area contributed by atoms with Gasteiger partial charge >= 0.3 is 0 Å². The van der Waals surface area contributed by atoms with Crippen molar-refractivity contribution in [3.05, 3.63) is 65.6 Å². The third-order valence-corrected chi connectivity index (χ3v) is 5.29. The summed E-state index contributed by atoms with van der Waals surface area (Å²) in [6, 6.07) is 12.7. The zero-order valence-corrected chi connectivity index (χ0v) is 17.1. The summed E-state index contributed by atoms with van der Waals surface area (Å²) in [5, 5.41) is 0. The Hall–Kier alpha value is -2.77. The maximum absolute atomic E-state index is 13.0. The largest absolute Gasteiger partial charge is 0.497 e. The van der Waals surface area contributed by atoms with Crippen LogP contribution in [-0.2, 0) is 4.79 Å². The van der Waals surface area contributed by atoms with Crippen LogP contribution in [0, 0.1) is 0 Å². The molecule has 5 nitrogen and oxygen atoms in total. The number of benzene rings is 2. The average Bonchev–Trinajstić information content (AvgIpc) is 3.00. The summed E-state index contributed by atoms with van der Waals surface area (Å²) in [6.45, 7) is 4.00. The summed E-state index contributed by atoms with van der Waals surface area (Å²) in [5.41, 5.74) is 1.43. The molecule has 1 amide bonds. The first-order valence-corrected chi connectivity index (χ1v) is 9.64. The Morgan fingerprint density at radius 3 is 2.54 bits per heavy atom. The lowest BCUT2D eigenvalue weighted by Gasteiger charge is -2.15. The highest BCUT2D eigenvalue weighted by atomic mass is 32.2. The molecule has 0 aliphatic carbocycles. The second-order valence-electron chi connectivity index (χ2n) is 5.69. The Labute approximate surface area is 173 Å². The summed E-state index contributed by atoms with van der Waals surface area (Å²) >= 11 is 6.68. The van der Waals surface area contributed by atoms with Crippen LogP contribution in [0.2, 0.25) is 0 Å². The van der Waals surface area contributed by atoms with Crippen LogP contribution in [0.15, 0.2) is 60.0 Å². The van der Waals surface area contributed by atoms with Gasteiger partial charge in [-0.05, 0) is 36.4 Å². The second-order valence-corrected chi connectivity index (χ2v) is 7.37. The van der Waals surface area contributed by atoms with Gasteiger partial charge in [-0.2, -0.15) is 0 Å². The van der Waals surface area contributed by atoms with E-state index < -0.39 is 0 Å². The molecular weight excluding hydrogens is 394 g/mol. The Balaban J connectivity index is 1.94. The molecule has 28 heavy (non-hydrogen) atoms. The van der Waals surface area contributed by atoms with E-state index in [1.54, 1.807) is 56.7 Å². The molecule has 1 aliphatic heterocycles. The number of carbonyl (C=O) groups is 1. The Morgan fingerprint density at radius 1 is 1.14 bits per heavy atom. The van der Waals surface area contributed by atoms with Crippen molar-refractivity contribution in [2.75, 3.05) is 25.7 Å². The van der Waals surface area contributed by atoms with Gasteiger partial charge in [0.1, 0.15) is 12.4 Å². The second kappa shape index (κ2) is 8.95. The van der Waals surface area contributed by atoms with Gasteiger partial charge in [0.15, 0.2) is 15.8 Å². The number of ether oxygens (including phenoxy) is 3. The molecule has 1 fully saturated rings. The zero-order chi connectivity index (χ0) is 20.1. The van der Waals surface area contributed by atoms with Crippen molar-refractivity contribution in [2.24, 2.45) is 0 Å². The van der Waals surface area contributed by atoms with Crippen molar-refractivity contribution in [3.63, 3.8) is 0 Å². The first-order valence-electron chi connectivity index (χ1n) is 8.41. The van der Waals surface area contributed by atoms with Crippen molar-refractivity contribution < 1.29 is 19.0 Å². The van der Waals surface area contributed by atoms with Gasteiger partial charge in [-0.15, -0.1) is 0 Å². The maximum Gasteiger partial charge on any atom is 0.270 e. The molecule has 2 aromatic rings. The molecule has 0 atom stereocenters. The highest BCUT2D eigenvalue weighted by Gasteiger charge is 2.33. The average molecular weight is 414 g/mol. The van der Waals surface area contributed by atoms with Gasteiger partial charge in [0, 0.05) is 5.56 Å². The van der Waals surface area contributed by atoms with Gasteiger partial charge in [0.2, 0.25) is 0 Å². The van der Waals surface area contributed by atoms with E-state index in [4.69, 9.17) is 26.4 Å². The van der Waals surface area contributed by atoms with Crippen LogP contribution < -0.4 is 19.1 Å². The molecule has 0 radical (unpaired) electrons. The number of thiocarbonyl (C=S) groups is 1. The molecule has 0 saturated carbocycles. The van der Waals surface area contributed by atoms with E-state index in [2.05, 4.69) is 6.58 Å². The molecule has 2 aromatic carbocycles. The molecule has 3 rings (SSSR count). The Bertz CT molecular complexity index is 938. The lowest BCUT2D eigenvalue weighted by molar-refractivity contribution is -0.113. The number of anilines is 1. The lowest BCUT2D eigenvalue weighted by Crippen LogP contribution is -2.27. The fourth-order valence-corrected chi connectivity index (χ4v) is 3.96. The number of para-hydroxylation sites is 1. The normalized spacial score (nSPS) is 15.1. The molecule has 144 valence electrons. The van der Waals surface area contributed by atoms with Crippen LogP contribution >= 0.6 is 24.0 Å². The first-order chi connectivity index (χ1) is 13.6. The summed E-state index contributed by atoms with van der Waals surface area (Å²) in [5.74, 6) is 1.67. The standard InChI is InChI=1S/C21H19NO4S2/c1-4-12-26-19-14(6-5-7-17(19)25-3)13-18-20(23)22(21(27)28-18)15-8-10-16(24-2)11-9-15/h4-11,13H,1,12H2,2-3H3/b18-13+. The predicted octanol–water partition coefficient (Wildman–Crippen LogP) is 4.67. The van der Waals surface area contributed by atoms with Gasteiger partial charge in [-0.3, -0.25) is 9.69 Å². The quantitative estimate of drug-likeness (QED) is 0.373. The lowest BCUT2D eigenvalue weighted by atomic mass is 10.1. The third kappa shape index (κ3) is 4.05. The molecule has 0 N–H and O–H groups in total. The smallest absolute Gasteiger partial charge is 0.270 e. The minimum absolute atomic E-state index is 0.183. The van der Waals surface area contributed by atoms with E-state index in [1.807, 2.05) is 12.1 Å². The fourth-order valence-electron chi connectivity index (χ4n) is 2.67. The van der Waals surface area contributed by atoms with Crippen molar-refractivity contribution in [3.8, 4) is 17.2 Å². The van der Waals surface area contributed by atoms with Crippen LogP contribution in [-0.4, -0.2) is 31.1 Å². The van der Waals surface area contributed by atoms with Crippen LogP contribution in [0.3, 0.4) is 0 Å². The van der Waals surface area contributed by atoms with Crippen molar-refractivity contribution in [1.82, 2.24) is 0 Å². The molecule has 0 spiro atoms. The van der Waals surface area contributed by atoms with Crippen molar-refractivity contribution >= 4 is 46.0 Å². The van der Waals surface area contributed by atoms with Gasteiger partial charge in [0.25, 0.3) is 5.91 Å². The molecule has 0 unspecified atom stereocenters. The Morgan fingerprint density at radius 2 is 1.89 bits per heavy atom. The topological polar surface area (TPSA) is 48.0 Å². The summed E-state index contributed by atoms with van der Waals surface area (Å²) < 4.78 is 16.8. The minimum atomic E-state index is -0.183. The minimum Gasteiger partial charge on any atom is -0.497 e. The van der Waals surface area contributed by atoms with Gasteiger partial charge in [0.05, 0.1) is 24.8 Å². The molecule has 0 aromatic heterocycles. The first kappa shape index (κ1) is 20.0. The predicted molar refractivity (Wildman–Crippen MR) is 117 cm³/mol. The Kier molecular flexibility index (Phi) is 6.38. The van der Waals surface area contributed by atoms with Gasteiger partial charge in [-0.1, -0.05) is 48.8 Å². The third-order valence-electron chi connectivity index (χ3n) is 3.99. The van der Waals surface area contributed by atoms with E-state index in [-0.39, 0.29) is 5.91 Å². The van der Waals surface area contributed by atoms with Crippen LogP contribution in [0.25, 0.3) is 6.08 Å². The number of thioether (sulfide) groups is 1. The summed E-state index contributed by atoms with van der Waals surface area (Å²) in [7, 11) is 3.17. The number of nitrogens with zero attached hydrogens (tertiary/aromatic N) is 1. The van der Waals surface area contributed by atoms with Gasteiger partial charge < -0.3 is 14.2 Å². The van der Waals surface area contributed by atoms with E-state index in [1.165, 1.54) is 16.7 Å². The number of amides is 1. The van der Waals surface area contributed by atoms with E-state index >= 15 is 0 Å².